The number of ketones is 2. The van der Waals surface area contributed by atoms with Crippen LogP contribution in [0.25, 0.3) is 16.5 Å². The summed E-state index contributed by atoms with van der Waals surface area (Å²) in [7, 11) is 2.61. The number of aryl methyl sites for hydroxylation is 1. The van der Waals surface area contributed by atoms with Gasteiger partial charge in [0, 0.05) is 32.5 Å². The topological polar surface area (TPSA) is 111 Å². The number of nitrogens with zero attached hydrogens (tertiary/aromatic N) is 2. The molecule has 0 amide bonds. The normalized spacial score (nSPS) is 23.2. The van der Waals surface area contributed by atoms with Crippen LogP contribution >= 0.6 is 15.9 Å². The van der Waals surface area contributed by atoms with E-state index in [0.717, 1.165) is 31.9 Å². The second kappa shape index (κ2) is 12.4. The summed E-state index contributed by atoms with van der Waals surface area (Å²) >= 11 is 3.60. The molecular weight excluding hydrogens is 728 g/mol. The first-order chi connectivity index (χ1) is 24.0. The minimum Gasteiger partial charge on any atom is -0.507 e. The molecule has 1 N–H and O–H groups in total. The number of benzene rings is 3. The fourth-order valence-corrected chi connectivity index (χ4v) is 10.1. The maximum atomic E-state index is 15.6. The van der Waals surface area contributed by atoms with Crippen molar-refractivity contribution < 1.29 is 33.1 Å². The van der Waals surface area contributed by atoms with E-state index < -0.39 is 43.4 Å². The Kier molecular flexibility index (Phi) is 8.68. The molecule has 7 rings (SSSR count). The number of hydrogen-bond acceptors (Lipinski definition) is 9. The summed E-state index contributed by atoms with van der Waals surface area (Å²) in [5.41, 5.74) is 1.55. The van der Waals surface area contributed by atoms with E-state index in [2.05, 4.69) is 55.0 Å². The molecule has 3 aliphatic rings. The van der Waals surface area contributed by atoms with Crippen molar-refractivity contribution in [2.24, 2.45) is 11.8 Å². The molecule has 0 saturated heterocycles. The Hall–Kier alpha value is -3.77. The number of fused-ring (bicyclic) bond motifs is 5. The molecule has 1 saturated carbocycles. The fourth-order valence-electron chi connectivity index (χ4n) is 8.25. The molecular formula is C40H45BrN2O7Si. The van der Waals surface area contributed by atoms with Gasteiger partial charge in [-0.05, 0) is 97.8 Å². The Morgan fingerprint density at radius 1 is 1.06 bits per heavy atom. The average molecular weight is 774 g/mol. The zero-order valence-electron chi connectivity index (χ0n) is 30.6. The predicted octanol–water partition coefficient (Wildman–Crippen LogP) is 8.78. The lowest BCUT2D eigenvalue weighted by atomic mass is 9.57. The minimum atomic E-state index is -2.85. The van der Waals surface area contributed by atoms with Gasteiger partial charge < -0.3 is 23.5 Å². The van der Waals surface area contributed by atoms with Crippen LogP contribution in [0.3, 0.4) is 0 Å². The summed E-state index contributed by atoms with van der Waals surface area (Å²) < 4.78 is 26.3. The summed E-state index contributed by atoms with van der Waals surface area (Å²) in [5, 5.41) is 18.1. The van der Waals surface area contributed by atoms with Gasteiger partial charge in [0.1, 0.15) is 23.7 Å². The SMILES string of the molecule is COc1c2c(c(C)c3cc(Br)ccc13)C(O)=C1C(=O)[C@]3(O[Si](C)(C)C(C)(C)C)C(=O)c4c(OCc5ccccc5)noc4[C@@H](N(C)C)[C@@H]3C[C@@H]1C2. The van der Waals surface area contributed by atoms with Crippen molar-refractivity contribution in [2.45, 2.75) is 76.9 Å². The van der Waals surface area contributed by atoms with Crippen LogP contribution in [0.15, 0.2) is 63.1 Å². The molecule has 3 aromatic carbocycles. The maximum Gasteiger partial charge on any atom is 0.265 e. The largest absolute Gasteiger partial charge is 0.507 e. The molecule has 0 aliphatic heterocycles. The van der Waals surface area contributed by atoms with Crippen molar-refractivity contribution in [2.75, 3.05) is 21.2 Å². The Bertz CT molecular complexity index is 2120. The lowest BCUT2D eigenvalue weighted by Gasteiger charge is -2.55. The second-order valence-corrected chi connectivity index (χ2v) is 21.5. The van der Waals surface area contributed by atoms with E-state index in [0.29, 0.717) is 29.9 Å². The first-order valence-corrected chi connectivity index (χ1v) is 21.1. The van der Waals surface area contributed by atoms with E-state index in [4.69, 9.17) is 18.4 Å². The molecule has 0 radical (unpaired) electrons. The van der Waals surface area contributed by atoms with E-state index in [-0.39, 0.29) is 34.4 Å². The number of hydrogen-bond donors (Lipinski definition) is 1. The fraction of sp³-hybridized carbons (Fsp3) is 0.425. The highest BCUT2D eigenvalue weighted by molar-refractivity contribution is 9.10. The summed E-state index contributed by atoms with van der Waals surface area (Å²) in [6, 6.07) is 15.0. The first-order valence-electron chi connectivity index (χ1n) is 17.4. The van der Waals surface area contributed by atoms with Gasteiger partial charge in [-0.3, -0.25) is 14.5 Å². The van der Waals surface area contributed by atoms with Crippen molar-refractivity contribution in [3.8, 4) is 11.6 Å². The summed E-state index contributed by atoms with van der Waals surface area (Å²) in [5.74, 6) is -1.13. The van der Waals surface area contributed by atoms with Crippen LogP contribution in [-0.2, 0) is 22.2 Å². The summed E-state index contributed by atoms with van der Waals surface area (Å²) in [4.78, 5) is 33.0. The lowest BCUT2D eigenvalue weighted by Crippen LogP contribution is -2.68. The highest BCUT2D eigenvalue weighted by Crippen LogP contribution is 2.59. The van der Waals surface area contributed by atoms with Gasteiger partial charge >= 0.3 is 0 Å². The smallest absolute Gasteiger partial charge is 0.265 e. The predicted molar refractivity (Wildman–Crippen MR) is 202 cm³/mol. The standard InChI is InChI=1S/C40H45BrN2O7Si/c1-21-26-19-24(41)15-16-25(26)34(47-7)27-17-23-18-28-32(43(5)6)35-31(38(42-49-35)48-20-22-13-11-10-12-14-22)37(46)40(28,50-51(8,9)39(2,3)4)36(45)30(23)33(44)29(21)27/h10-16,19,23,28,32,44H,17-18,20H2,1-9H3/t23-,28-,32-,40-/m0/s1. The molecule has 268 valence electrons. The third-order valence-electron chi connectivity index (χ3n) is 11.7. The zero-order chi connectivity index (χ0) is 36.8. The van der Waals surface area contributed by atoms with Crippen molar-refractivity contribution in [3.05, 3.63) is 92.2 Å². The Morgan fingerprint density at radius 3 is 2.41 bits per heavy atom. The number of aliphatic hydroxyl groups excluding tert-OH is 1. The van der Waals surface area contributed by atoms with Gasteiger partial charge in [0.15, 0.2) is 19.7 Å². The second-order valence-electron chi connectivity index (χ2n) is 15.9. The number of aromatic nitrogens is 1. The Labute approximate surface area is 308 Å². The highest BCUT2D eigenvalue weighted by atomic mass is 79.9. The molecule has 1 aromatic heterocycles. The van der Waals surface area contributed by atoms with Crippen LogP contribution in [0.1, 0.15) is 71.6 Å². The maximum absolute atomic E-state index is 15.6. The number of carbonyl (C=O) groups excluding carboxylic acids is 2. The quantitative estimate of drug-likeness (QED) is 0.146. The number of methoxy groups -OCH3 is 1. The van der Waals surface area contributed by atoms with E-state index in [1.807, 2.05) is 74.4 Å². The Balaban J connectivity index is 1.47. The molecule has 0 bridgehead atoms. The van der Waals surface area contributed by atoms with Crippen molar-refractivity contribution >= 4 is 52.3 Å². The van der Waals surface area contributed by atoms with Crippen molar-refractivity contribution in [3.63, 3.8) is 0 Å². The van der Waals surface area contributed by atoms with Crippen molar-refractivity contribution in [1.82, 2.24) is 10.1 Å². The number of ether oxygens (including phenoxy) is 2. The summed E-state index contributed by atoms with van der Waals surface area (Å²) in [6.45, 7) is 12.5. The van der Waals surface area contributed by atoms with Gasteiger partial charge in [-0.25, -0.2) is 0 Å². The molecule has 51 heavy (non-hydrogen) atoms. The minimum absolute atomic E-state index is 0.0297. The van der Waals surface area contributed by atoms with Crippen LogP contribution in [0.5, 0.6) is 11.6 Å². The molecule has 3 aliphatic carbocycles. The molecule has 4 atom stereocenters. The van der Waals surface area contributed by atoms with Crippen LogP contribution in [0.2, 0.25) is 18.1 Å². The third-order valence-corrected chi connectivity index (χ3v) is 16.6. The zero-order valence-corrected chi connectivity index (χ0v) is 33.2. The van der Waals surface area contributed by atoms with E-state index in [9.17, 15) is 5.11 Å². The van der Waals surface area contributed by atoms with Crippen LogP contribution in [0, 0.1) is 18.8 Å². The molecule has 1 fully saturated rings. The molecule has 1 heterocycles. The van der Waals surface area contributed by atoms with E-state index in [1.54, 1.807) is 7.11 Å². The van der Waals surface area contributed by atoms with Crippen molar-refractivity contribution in [1.29, 1.82) is 0 Å². The molecule has 0 unspecified atom stereocenters. The monoisotopic (exact) mass is 772 g/mol. The van der Waals surface area contributed by atoms with Gasteiger partial charge in [-0.15, -0.1) is 0 Å². The summed E-state index contributed by atoms with van der Waals surface area (Å²) in [6.07, 6.45) is 0.834. The van der Waals surface area contributed by atoms with Crippen LogP contribution < -0.4 is 9.47 Å². The number of rotatable bonds is 7. The molecule has 4 aromatic rings. The average Bonchev–Trinajstić information content (AvgIpc) is 3.48. The molecule has 9 nitrogen and oxygen atoms in total. The van der Waals surface area contributed by atoms with E-state index in [1.165, 1.54) is 0 Å². The van der Waals surface area contributed by atoms with Gasteiger partial charge in [-0.1, -0.05) is 67.0 Å². The molecule has 11 heteroatoms. The van der Waals surface area contributed by atoms with Gasteiger partial charge in [-0.2, -0.15) is 0 Å². The number of halogens is 1. The van der Waals surface area contributed by atoms with Crippen LogP contribution in [0.4, 0.5) is 0 Å². The Morgan fingerprint density at radius 2 is 1.76 bits per heavy atom. The van der Waals surface area contributed by atoms with Gasteiger partial charge in [0.2, 0.25) is 11.6 Å². The van der Waals surface area contributed by atoms with E-state index >= 15 is 9.59 Å². The first kappa shape index (κ1) is 35.6. The third kappa shape index (κ3) is 5.33. The number of carbonyl (C=O) groups is 2. The van der Waals surface area contributed by atoms with Crippen LogP contribution in [-0.4, -0.2) is 61.9 Å². The number of Topliss-reactive ketones (excluding diaryl/α,β-unsaturated/α-hetero) is 2. The van der Waals surface area contributed by atoms with Gasteiger partial charge in [0.05, 0.1) is 13.2 Å². The van der Waals surface area contributed by atoms with Gasteiger partial charge in [0.25, 0.3) is 5.88 Å². The molecule has 0 spiro atoms. The lowest BCUT2D eigenvalue weighted by molar-refractivity contribution is -0.140. The highest BCUT2D eigenvalue weighted by Gasteiger charge is 2.69. The number of aliphatic hydroxyl groups is 1.